The zero-order valence-electron chi connectivity index (χ0n) is 10.8. The van der Waals surface area contributed by atoms with Gasteiger partial charge in [-0.3, -0.25) is 4.79 Å². The molecule has 0 spiro atoms. The molecule has 2 rings (SSSR count). The van der Waals surface area contributed by atoms with Crippen molar-refractivity contribution in [2.75, 3.05) is 25.0 Å². The molecule has 1 amide bonds. The first-order chi connectivity index (χ1) is 9.15. The Labute approximate surface area is 134 Å². The fraction of sp³-hybridized carbons (Fsp3) is 0.462. The zero-order valence-corrected chi connectivity index (χ0v) is 13.2. The largest absolute Gasteiger partial charge is 0.377 e. The summed E-state index contributed by atoms with van der Waals surface area (Å²) in [6.45, 7) is 1.77. The normalized spacial score (nSPS) is 17.6. The number of nitrogens with one attached hydrogen (secondary N) is 2. The molecule has 1 aliphatic rings. The lowest BCUT2D eigenvalue weighted by molar-refractivity contribution is -0.115. The van der Waals surface area contributed by atoms with Crippen LogP contribution in [-0.2, 0) is 9.53 Å². The van der Waals surface area contributed by atoms with Gasteiger partial charge in [0, 0.05) is 18.8 Å². The Morgan fingerprint density at radius 1 is 1.35 bits per heavy atom. The second-order valence-electron chi connectivity index (χ2n) is 4.44. The van der Waals surface area contributed by atoms with E-state index < -0.39 is 0 Å². The Morgan fingerprint density at radius 3 is 2.80 bits per heavy atom. The average molecular weight is 340 g/mol. The van der Waals surface area contributed by atoms with E-state index in [-0.39, 0.29) is 31.0 Å². The quantitative estimate of drug-likeness (QED) is 0.866. The molecule has 0 aromatic heterocycles. The van der Waals surface area contributed by atoms with Crippen LogP contribution in [-0.4, -0.2) is 31.7 Å². The smallest absolute Gasteiger partial charge is 0.238 e. The van der Waals surface area contributed by atoms with Crippen LogP contribution in [0.3, 0.4) is 0 Å². The monoisotopic (exact) mass is 338 g/mol. The van der Waals surface area contributed by atoms with Crippen LogP contribution in [0.4, 0.5) is 5.69 Å². The molecule has 0 bridgehead atoms. The molecule has 0 aliphatic carbocycles. The summed E-state index contributed by atoms with van der Waals surface area (Å²) in [5.74, 6) is -0.114. The maximum Gasteiger partial charge on any atom is 0.238 e. The second-order valence-corrected chi connectivity index (χ2v) is 5.26. The van der Waals surface area contributed by atoms with Crippen LogP contribution >= 0.6 is 35.6 Å². The minimum absolute atomic E-state index is 0. The number of anilines is 1. The molecule has 1 unspecified atom stereocenters. The van der Waals surface area contributed by atoms with Crippen molar-refractivity contribution >= 4 is 47.2 Å². The van der Waals surface area contributed by atoms with Crippen LogP contribution in [0.1, 0.15) is 12.8 Å². The van der Waals surface area contributed by atoms with E-state index in [0.717, 1.165) is 19.4 Å². The number of hydrogen-bond acceptors (Lipinski definition) is 3. The highest BCUT2D eigenvalue weighted by atomic mass is 35.5. The average Bonchev–Trinajstić information content (AvgIpc) is 2.87. The number of ether oxygens (including phenoxy) is 1. The van der Waals surface area contributed by atoms with Gasteiger partial charge < -0.3 is 15.4 Å². The van der Waals surface area contributed by atoms with Crippen LogP contribution in [0.5, 0.6) is 0 Å². The molecular formula is C13H17Cl3N2O2. The van der Waals surface area contributed by atoms with Crippen LogP contribution in [0.25, 0.3) is 0 Å². The minimum atomic E-state index is -0.114. The second kappa shape index (κ2) is 8.70. The first-order valence-electron chi connectivity index (χ1n) is 6.22. The molecule has 1 saturated heterocycles. The van der Waals surface area contributed by atoms with E-state index in [4.69, 9.17) is 27.9 Å². The molecule has 0 radical (unpaired) electrons. The Kier molecular flexibility index (Phi) is 7.62. The molecule has 1 fully saturated rings. The highest BCUT2D eigenvalue weighted by Crippen LogP contribution is 2.24. The molecule has 20 heavy (non-hydrogen) atoms. The van der Waals surface area contributed by atoms with Crippen molar-refractivity contribution in [1.82, 2.24) is 5.32 Å². The van der Waals surface area contributed by atoms with Crippen LogP contribution in [0.15, 0.2) is 18.2 Å². The lowest BCUT2D eigenvalue weighted by Crippen LogP contribution is -2.33. The van der Waals surface area contributed by atoms with Crippen molar-refractivity contribution in [3.63, 3.8) is 0 Å². The van der Waals surface area contributed by atoms with Gasteiger partial charge in [-0.05, 0) is 31.0 Å². The van der Waals surface area contributed by atoms with Crippen molar-refractivity contribution in [2.24, 2.45) is 0 Å². The maximum absolute atomic E-state index is 11.7. The first kappa shape index (κ1) is 17.5. The van der Waals surface area contributed by atoms with Crippen molar-refractivity contribution in [1.29, 1.82) is 0 Å². The van der Waals surface area contributed by atoms with Gasteiger partial charge in [0.25, 0.3) is 0 Å². The Hall–Kier alpha value is -0.520. The summed E-state index contributed by atoms with van der Waals surface area (Å²) >= 11 is 11.7. The van der Waals surface area contributed by atoms with Crippen molar-refractivity contribution in [3.05, 3.63) is 28.2 Å². The summed E-state index contributed by atoms with van der Waals surface area (Å²) in [4.78, 5) is 11.7. The topological polar surface area (TPSA) is 50.4 Å². The van der Waals surface area contributed by atoms with Crippen LogP contribution in [0.2, 0.25) is 10.0 Å². The van der Waals surface area contributed by atoms with E-state index >= 15 is 0 Å². The molecular weight excluding hydrogens is 323 g/mol. The van der Waals surface area contributed by atoms with Gasteiger partial charge in [0.1, 0.15) is 0 Å². The molecule has 1 aromatic carbocycles. The molecule has 1 heterocycles. The van der Waals surface area contributed by atoms with E-state index in [9.17, 15) is 4.79 Å². The minimum Gasteiger partial charge on any atom is -0.377 e. The van der Waals surface area contributed by atoms with Gasteiger partial charge >= 0.3 is 0 Å². The van der Waals surface area contributed by atoms with Gasteiger partial charge in [-0.1, -0.05) is 23.2 Å². The van der Waals surface area contributed by atoms with Gasteiger partial charge in [0.2, 0.25) is 5.91 Å². The molecule has 2 N–H and O–H groups in total. The van der Waals surface area contributed by atoms with Gasteiger partial charge in [-0.25, -0.2) is 0 Å². The number of carbonyl (C=O) groups excluding carboxylic acids is 1. The lowest BCUT2D eigenvalue weighted by Gasteiger charge is -2.11. The van der Waals surface area contributed by atoms with E-state index in [1.807, 2.05) is 0 Å². The van der Waals surface area contributed by atoms with Crippen molar-refractivity contribution in [3.8, 4) is 0 Å². The maximum atomic E-state index is 11.7. The molecule has 7 heteroatoms. The highest BCUT2D eigenvalue weighted by molar-refractivity contribution is 6.42. The van der Waals surface area contributed by atoms with E-state index in [2.05, 4.69) is 10.6 Å². The number of benzene rings is 1. The van der Waals surface area contributed by atoms with Gasteiger partial charge in [-0.15, -0.1) is 12.4 Å². The third-order valence-electron chi connectivity index (χ3n) is 2.88. The fourth-order valence-corrected chi connectivity index (χ4v) is 2.23. The Balaban J connectivity index is 0.00000200. The molecule has 1 aliphatic heterocycles. The summed E-state index contributed by atoms with van der Waals surface area (Å²) in [7, 11) is 0. The summed E-state index contributed by atoms with van der Waals surface area (Å²) in [6, 6.07) is 4.99. The standard InChI is InChI=1S/C13H16Cl2N2O2.ClH/c14-11-4-3-9(6-12(11)15)17-13(18)8-16-7-10-2-1-5-19-10;/h3-4,6,10,16H,1-2,5,7-8H2,(H,17,18);1H. The summed E-state index contributed by atoms with van der Waals surface area (Å²) in [5, 5.41) is 6.72. The predicted octanol–water partition coefficient (Wildman–Crippen LogP) is 3.12. The first-order valence-corrected chi connectivity index (χ1v) is 6.98. The predicted molar refractivity (Wildman–Crippen MR) is 84.2 cm³/mol. The molecule has 1 aromatic rings. The third kappa shape index (κ3) is 5.46. The fourth-order valence-electron chi connectivity index (χ4n) is 1.93. The van der Waals surface area contributed by atoms with E-state index in [0.29, 0.717) is 22.3 Å². The summed E-state index contributed by atoms with van der Waals surface area (Å²) < 4.78 is 5.46. The van der Waals surface area contributed by atoms with Crippen LogP contribution < -0.4 is 10.6 Å². The van der Waals surface area contributed by atoms with E-state index in [1.165, 1.54) is 0 Å². The Bertz CT molecular complexity index is 451. The molecule has 0 saturated carbocycles. The van der Waals surface area contributed by atoms with E-state index in [1.54, 1.807) is 18.2 Å². The third-order valence-corrected chi connectivity index (χ3v) is 3.62. The number of halogens is 3. The highest BCUT2D eigenvalue weighted by Gasteiger charge is 2.15. The summed E-state index contributed by atoms with van der Waals surface area (Å²) in [6.07, 6.45) is 2.39. The number of hydrogen-bond donors (Lipinski definition) is 2. The molecule has 1 atom stereocenters. The van der Waals surface area contributed by atoms with Gasteiger partial charge in [0.05, 0.1) is 22.7 Å². The molecule has 4 nitrogen and oxygen atoms in total. The van der Waals surface area contributed by atoms with Crippen molar-refractivity contribution in [2.45, 2.75) is 18.9 Å². The van der Waals surface area contributed by atoms with Crippen LogP contribution in [0, 0.1) is 0 Å². The summed E-state index contributed by atoms with van der Waals surface area (Å²) in [5.41, 5.74) is 0.637. The number of rotatable bonds is 5. The number of carbonyl (C=O) groups is 1. The SMILES string of the molecule is Cl.O=C(CNCC1CCCO1)Nc1ccc(Cl)c(Cl)c1. The zero-order chi connectivity index (χ0) is 13.7. The number of amides is 1. The van der Waals surface area contributed by atoms with Gasteiger partial charge in [0.15, 0.2) is 0 Å². The van der Waals surface area contributed by atoms with Gasteiger partial charge in [-0.2, -0.15) is 0 Å². The van der Waals surface area contributed by atoms with Crippen molar-refractivity contribution < 1.29 is 9.53 Å². The Morgan fingerprint density at radius 2 is 2.15 bits per heavy atom. The lowest BCUT2D eigenvalue weighted by atomic mass is 10.2. The molecule has 112 valence electrons.